The van der Waals surface area contributed by atoms with Crippen LogP contribution in [0.3, 0.4) is 0 Å². The highest BCUT2D eigenvalue weighted by atomic mass is 14.3. The molecule has 0 nitrogen and oxygen atoms in total. The number of benzene rings is 2. The normalized spacial score (nSPS) is 11.5. The summed E-state index contributed by atoms with van der Waals surface area (Å²) in [5.41, 5.74) is 4.07. The summed E-state index contributed by atoms with van der Waals surface area (Å²) in [6, 6.07) is 20.4. The molecule has 2 aromatic rings. The third-order valence-electron chi connectivity index (χ3n) is 3.44. The maximum absolute atomic E-state index is 3.43. The lowest BCUT2D eigenvalue weighted by Crippen LogP contribution is -2.20. The van der Waals surface area contributed by atoms with E-state index in [0.717, 1.165) is 6.42 Å². The Kier molecular flexibility index (Phi) is 3.33. The Morgan fingerprint density at radius 1 is 1.00 bits per heavy atom. The number of hydrogen-bond acceptors (Lipinski definition) is 0. The van der Waals surface area contributed by atoms with E-state index >= 15 is 0 Å². The summed E-state index contributed by atoms with van der Waals surface area (Å²) < 4.78 is 0. The Morgan fingerprint density at radius 2 is 1.71 bits per heavy atom. The first-order valence-corrected chi connectivity index (χ1v) is 6.22. The third kappa shape index (κ3) is 2.26. The Hall–Kier alpha value is -1.56. The Labute approximate surface area is 104 Å². The molecule has 0 aliphatic carbocycles. The van der Waals surface area contributed by atoms with Crippen molar-refractivity contribution in [2.75, 3.05) is 0 Å². The first-order valence-electron chi connectivity index (χ1n) is 6.22. The molecule has 17 heavy (non-hydrogen) atoms. The van der Waals surface area contributed by atoms with Crippen molar-refractivity contribution in [1.29, 1.82) is 0 Å². The Bertz CT molecular complexity index is 480. The lowest BCUT2D eigenvalue weighted by Gasteiger charge is -2.28. The van der Waals surface area contributed by atoms with Crippen molar-refractivity contribution in [3.05, 3.63) is 71.3 Å². The van der Waals surface area contributed by atoms with Crippen molar-refractivity contribution < 1.29 is 0 Å². The molecule has 0 spiro atoms. The molecular weight excluding hydrogens is 204 g/mol. The molecule has 0 aliphatic heterocycles. The van der Waals surface area contributed by atoms with Gasteiger partial charge in [0.1, 0.15) is 0 Å². The molecule has 0 saturated carbocycles. The summed E-state index contributed by atoms with van der Waals surface area (Å²) in [7, 11) is 0. The summed E-state index contributed by atoms with van der Waals surface area (Å²) in [5.74, 6) is 0. The van der Waals surface area contributed by atoms with E-state index in [1.54, 1.807) is 0 Å². The summed E-state index contributed by atoms with van der Waals surface area (Å²) >= 11 is 0. The zero-order chi connectivity index (χ0) is 12.3. The summed E-state index contributed by atoms with van der Waals surface area (Å²) in [4.78, 5) is 0. The molecule has 0 N–H and O–H groups in total. The van der Waals surface area contributed by atoms with E-state index in [0.29, 0.717) is 0 Å². The monoisotopic (exact) mass is 223 g/mol. The van der Waals surface area contributed by atoms with Gasteiger partial charge in [-0.25, -0.2) is 0 Å². The van der Waals surface area contributed by atoms with Gasteiger partial charge in [0.25, 0.3) is 0 Å². The summed E-state index contributed by atoms with van der Waals surface area (Å²) in [5, 5.41) is 0. The second-order valence-electron chi connectivity index (χ2n) is 4.91. The lowest BCUT2D eigenvalue weighted by molar-refractivity contribution is 0.631. The van der Waals surface area contributed by atoms with Gasteiger partial charge in [-0.15, -0.1) is 0 Å². The van der Waals surface area contributed by atoms with Crippen LogP contribution in [0.1, 0.15) is 37.5 Å². The van der Waals surface area contributed by atoms with Gasteiger partial charge in [0.2, 0.25) is 0 Å². The van der Waals surface area contributed by atoms with E-state index in [1.165, 1.54) is 16.7 Å². The highest BCUT2D eigenvalue weighted by Crippen LogP contribution is 2.33. The van der Waals surface area contributed by atoms with Crippen molar-refractivity contribution in [1.82, 2.24) is 0 Å². The third-order valence-corrected chi connectivity index (χ3v) is 3.44. The summed E-state index contributed by atoms with van der Waals surface area (Å²) in [6.07, 6.45) is 1.06. The van der Waals surface area contributed by atoms with Gasteiger partial charge < -0.3 is 0 Å². The van der Waals surface area contributed by atoms with Gasteiger partial charge in [-0.05, 0) is 29.2 Å². The molecule has 0 aliphatic rings. The maximum atomic E-state index is 3.43. The number of hydrogen-bond donors (Lipinski definition) is 0. The molecular formula is C17H19. The first-order chi connectivity index (χ1) is 8.16. The molecule has 0 unspecified atom stereocenters. The molecule has 0 heterocycles. The van der Waals surface area contributed by atoms with Gasteiger partial charge in [-0.3, -0.25) is 0 Å². The highest BCUT2D eigenvalue weighted by Gasteiger charge is 2.24. The van der Waals surface area contributed by atoms with Crippen molar-refractivity contribution in [2.24, 2.45) is 0 Å². The van der Waals surface area contributed by atoms with Gasteiger partial charge in [0.05, 0.1) is 0 Å². The highest BCUT2D eigenvalue weighted by molar-refractivity contribution is 5.41. The molecule has 0 amide bonds. The quantitative estimate of drug-likeness (QED) is 0.724. The smallest absolute Gasteiger partial charge is 0.0155 e. The van der Waals surface area contributed by atoms with Gasteiger partial charge in [0, 0.05) is 5.41 Å². The zero-order valence-corrected chi connectivity index (χ0v) is 10.8. The molecule has 0 aromatic heterocycles. The van der Waals surface area contributed by atoms with Crippen molar-refractivity contribution in [3.8, 4) is 0 Å². The van der Waals surface area contributed by atoms with Crippen LogP contribution in [-0.2, 0) is 11.8 Å². The summed E-state index contributed by atoms with van der Waals surface area (Å²) in [6.45, 7) is 6.74. The minimum atomic E-state index is 0.0217. The lowest BCUT2D eigenvalue weighted by atomic mass is 9.76. The van der Waals surface area contributed by atoms with Crippen LogP contribution in [0.2, 0.25) is 0 Å². The standard InChI is InChI=1S/C17H19/c1-4-14-10-8-9-13-16(14)17(2,3)15-11-6-5-7-12-15/h5-12H,4H2,1-3H3. The SMILES string of the molecule is CCc1ccc[c]c1C(C)(C)c1ccccc1. The average molecular weight is 223 g/mol. The fourth-order valence-electron chi connectivity index (χ4n) is 2.35. The van der Waals surface area contributed by atoms with E-state index in [9.17, 15) is 0 Å². The van der Waals surface area contributed by atoms with Crippen LogP contribution in [-0.4, -0.2) is 0 Å². The number of rotatable bonds is 3. The van der Waals surface area contributed by atoms with E-state index in [-0.39, 0.29) is 5.41 Å². The molecule has 0 bridgehead atoms. The van der Waals surface area contributed by atoms with Crippen molar-refractivity contribution in [2.45, 2.75) is 32.6 Å². The number of aryl methyl sites for hydroxylation is 1. The van der Waals surface area contributed by atoms with E-state index in [4.69, 9.17) is 0 Å². The molecule has 87 valence electrons. The van der Waals surface area contributed by atoms with Crippen LogP contribution in [0.4, 0.5) is 0 Å². The Balaban J connectivity index is 2.51. The van der Waals surface area contributed by atoms with Crippen molar-refractivity contribution >= 4 is 0 Å². The van der Waals surface area contributed by atoms with Crippen LogP contribution < -0.4 is 0 Å². The molecule has 0 heteroatoms. The van der Waals surface area contributed by atoms with E-state index < -0.39 is 0 Å². The average Bonchev–Trinajstić information content (AvgIpc) is 2.39. The van der Waals surface area contributed by atoms with Crippen LogP contribution in [0.25, 0.3) is 0 Å². The molecule has 0 fully saturated rings. The topological polar surface area (TPSA) is 0 Å². The Morgan fingerprint density at radius 3 is 2.35 bits per heavy atom. The van der Waals surface area contributed by atoms with E-state index in [2.05, 4.69) is 69.3 Å². The van der Waals surface area contributed by atoms with Gasteiger partial charge >= 0.3 is 0 Å². The first kappa shape index (κ1) is 11.9. The predicted octanol–water partition coefficient (Wildman–Crippen LogP) is 4.38. The molecule has 0 saturated heterocycles. The molecule has 2 rings (SSSR count). The fraction of sp³-hybridized carbons (Fsp3) is 0.294. The van der Waals surface area contributed by atoms with Crippen molar-refractivity contribution in [3.63, 3.8) is 0 Å². The van der Waals surface area contributed by atoms with Gasteiger partial charge in [-0.1, -0.05) is 69.3 Å². The van der Waals surface area contributed by atoms with E-state index in [1.807, 2.05) is 6.07 Å². The fourth-order valence-corrected chi connectivity index (χ4v) is 2.35. The van der Waals surface area contributed by atoms with Gasteiger partial charge in [-0.2, -0.15) is 0 Å². The molecule has 1 radical (unpaired) electrons. The van der Waals surface area contributed by atoms with Gasteiger partial charge in [0.15, 0.2) is 0 Å². The minimum Gasteiger partial charge on any atom is -0.0622 e. The largest absolute Gasteiger partial charge is 0.0622 e. The molecule has 0 atom stereocenters. The van der Waals surface area contributed by atoms with Crippen LogP contribution in [0.15, 0.2) is 48.5 Å². The van der Waals surface area contributed by atoms with Crippen LogP contribution >= 0.6 is 0 Å². The minimum absolute atomic E-state index is 0.0217. The zero-order valence-electron chi connectivity index (χ0n) is 10.8. The second-order valence-corrected chi connectivity index (χ2v) is 4.91. The van der Waals surface area contributed by atoms with Crippen LogP contribution in [0, 0.1) is 6.07 Å². The second kappa shape index (κ2) is 4.75. The molecule has 2 aromatic carbocycles. The van der Waals surface area contributed by atoms with Crippen LogP contribution in [0.5, 0.6) is 0 Å². The predicted molar refractivity (Wildman–Crippen MR) is 73.2 cm³/mol. The maximum Gasteiger partial charge on any atom is 0.0155 e.